The summed E-state index contributed by atoms with van der Waals surface area (Å²) in [7, 11) is 0. The standard InChI is InChI=1S/C11H22N2O2/c1-3-11(4-2,9-14)8-13-7-5-6-12-10(13)15/h14H,3-9H2,1-2H3,(H,12,15). The molecule has 0 unspecified atom stereocenters. The van der Waals surface area contributed by atoms with Crippen molar-refractivity contribution in [3.8, 4) is 0 Å². The molecule has 0 atom stereocenters. The van der Waals surface area contributed by atoms with Gasteiger partial charge in [0.2, 0.25) is 0 Å². The third-order valence-electron chi connectivity index (χ3n) is 3.53. The van der Waals surface area contributed by atoms with E-state index in [1.54, 1.807) is 0 Å². The Bertz CT molecular complexity index is 206. The van der Waals surface area contributed by atoms with Gasteiger partial charge in [-0.3, -0.25) is 0 Å². The van der Waals surface area contributed by atoms with Crippen LogP contribution in [0.3, 0.4) is 0 Å². The normalized spacial score (nSPS) is 17.8. The fourth-order valence-corrected chi connectivity index (χ4v) is 1.98. The highest BCUT2D eigenvalue weighted by Gasteiger charge is 2.31. The molecule has 2 amide bonds. The van der Waals surface area contributed by atoms with Gasteiger partial charge in [-0.05, 0) is 19.3 Å². The molecule has 1 aliphatic rings. The van der Waals surface area contributed by atoms with Gasteiger partial charge in [-0.25, -0.2) is 4.79 Å². The van der Waals surface area contributed by atoms with E-state index in [9.17, 15) is 9.90 Å². The van der Waals surface area contributed by atoms with E-state index >= 15 is 0 Å². The van der Waals surface area contributed by atoms with Crippen LogP contribution >= 0.6 is 0 Å². The lowest BCUT2D eigenvalue weighted by Crippen LogP contribution is -2.51. The number of carbonyl (C=O) groups excluding carboxylic acids is 1. The number of nitrogens with one attached hydrogen (secondary N) is 1. The van der Waals surface area contributed by atoms with Crippen LogP contribution in [0.15, 0.2) is 0 Å². The summed E-state index contributed by atoms with van der Waals surface area (Å²) in [5, 5.41) is 12.3. The molecule has 1 saturated heterocycles. The molecule has 4 heteroatoms. The molecule has 1 heterocycles. The quantitative estimate of drug-likeness (QED) is 0.722. The Balaban J connectivity index is 2.60. The summed E-state index contributed by atoms with van der Waals surface area (Å²) in [6.07, 6.45) is 2.81. The fourth-order valence-electron chi connectivity index (χ4n) is 1.98. The number of urea groups is 1. The highest BCUT2D eigenvalue weighted by atomic mass is 16.3. The first-order chi connectivity index (χ1) is 7.17. The first-order valence-electron chi connectivity index (χ1n) is 5.81. The van der Waals surface area contributed by atoms with Crippen molar-refractivity contribution in [1.82, 2.24) is 10.2 Å². The van der Waals surface area contributed by atoms with Gasteiger partial charge in [0.25, 0.3) is 0 Å². The van der Waals surface area contributed by atoms with Crippen LogP contribution in [0.2, 0.25) is 0 Å². The van der Waals surface area contributed by atoms with Crippen molar-refractivity contribution in [3.05, 3.63) is 0 Å². The lowest BCUT2D eigenvalue weighted by Gasteiger charge is -2.37. The zero-order valence-electron chi connectivity index (χ0n) is 9.75. The molecule has 4 nitrogen and oxygen atoms in total. The molecule has 0 bridgehead atoms. The van der Waals surface area contributed by atoms with Crippen LogP contribution in [0.25, 0.3) is 0 Å². The number of hydrogen-bond acceptors (Lipinski definition) is 2. The number of aliphatic hydroxyl groups excluding tert-OH is 1. The molecular weight excluding hydrogens is 192 g/mol. The number of hydrogen-bond donors (Lipinski definition) is 2. The topological polar surface area (TPSA) is 52.6 Å². The average molecular weight is 214 g/mol. The molecule has 0 aromatic carbocycles. The maximum Gasteiger partial charge on any atom is 0.317 e. The molecule has 0 aromatic heterocycles. The zero-order valence-corrected chi connectivity index (χ0v) is 9.75. The van der Waals surface area contributed by atoms with Crippen LogP contribution in [0, 0.1) is 5.41 Å². The summed E-state index contributed by atoms with van der Waals surface area (Å²) < 4.78 is 0. The Morgan fingerprint density at radius 3 is 2.60 bits per heavy atom. The SMILES string of the molecule is CCC(CC)(CO)CN1CCCNC1=O. The van der Waals surface area contributed by atoms with E-state index in [-0.39, 0.29) is 18.1 Å². The maximum absolute atomic E-state index is 11.6. The molecular formula is C11H22N2O2. The third-order valence-corrected chi connectivity index (χ3v) is 3.53. The van der Waals surface area contributed by atoms with Gasteiger partial charge in [-0.1, -0.05) is 13.8 Å². The van der Waals surface area contributed by atoms with Crippen LogP contribution in [0.5, 0.6) is 0 Å². The van der Waals surface area contributed by atoms with Gasteiger partial charge < -0.3 is 15.3 Å². The van der Waals surface area contributed by atoms with Crippen molar-refractivity contribution in [3.63, 3.8) is 0 Å². The van der Waals surface area contributed by atoms with Crippen LogP contribution in [0.1, 0.15) is 33.1 Å². The summed E-state index contributed by atoms with van der Waals surface area (Å²) in [5.74, 6) is 0. The van der Waals surface area contributed by atoms with Gasteiger partial charge >= 0.3 is 6.03 Å². The molecule has 1 fully saturated rings. The van der Waals surface area contributed by atoms with Crippen LogP contribution in [-0.2, 0) is 0 Å². The van der Waals surface area contributed by atoms with Crippen LogP contribution in [-0.4, -0.2) is 42.3 Å². The van der Waals surface area contributed by atoms with Gasteiger partial charge in [0.15, 0.2) is 0 Å². The molecule has 1 aliphatic heterocycles. The second-order valence-electron chi connectivity index (χ2n) is 4.37. The van der Waals surface area contributed by atoms with Gasteiger partial charge in [0.05, 0.1) is 6.61 Å². The third kappa shape index (κ3) is 2.84. The van der Waals surface area contributed by atoms with Crippen molar-refractivity contribution >= 4 is 6.03 Å². The van der Waals surface area contributed by atoms with Gasteiger partial charge in [-0.2, -0.15) is 0 Å². The summed E-state index contributed by atoms with van der Waals surface area (Å²) in [5.41, 5.74) is -0.116. The smallest absolute Gasteiger partial charge is 0.317 e. The van der Waals surface area contributed by atoms with Gasteiger partial charge in [0.1, 0.15) is 0 Å². The number of nitrogens with zero attached hydrogens (tertiary/aromatic N) is 1. The van der Waals surface area contributed by atoms with Crippen molar-refractivity contribution in [2.24, 2.45) is 5.41 Å². The zero-order chi connectivity index (χ0) is 11.3. The van der Waals surface area contributed by atoms with Crippen molar-refractivity contribution < 1.29 is 9.90 Å². The van der Waals surface area contributed by atoms with E-state index in [0.717, 1.165) is 32.4 Å². The predicted octanol–water partition coefficient (Wildman–Crippen LogP) is 1.20. The summed E-state index contributed by atoms with van der Waals surface area (Å²) in [6, 6.07) is 0.0148. The monoisotopic (exact) mass is 214 g/mol. The highest BCUT2D eigenvalue weighted by molar-refractivity contribution is 5.74. The lowest BCUT2D eigenvalue weighted by molar-refractivity contribution is 0.0724. The predicted molar refractivity (Wildman–Crippen MR) is 59.7 cm³/mol. The van der Waals surface area contributed by atoms with Crippen molar-refractivity contribution in [2.45, 2.75) is 33.1 Å². The minimum Gasteiger partial charge on any atom is -0.396 e. The molecule has 0 aliphatic carbocycles. The first-order valence-corrected chi connectivity index (χ1v) is 5.81. The number of aliphatic hydroxyl groups is 1. The first kappa shape index (κ1) is 12.3. The number of carbonyl (C=O) groups is 1. The van der Waals surface area contributed by atoms with E-state index < -0.39 is 0 Å². The molecule has 0 aromatic rings. The average Bonchev–Trinajstić information content (AvgIpc) is 2.29. The second-order valence-corrected chi connectivity index (χ2v) is 4.37. The van der Waals surface area contributed by atoms with E-state index in [1.807, 2.05) is 4.90 Å². The molecule has 88 valence electrons. The fraction of sp³-hybridized carbons (Fsp3) is 0.909. The Morgan fingerprint density at radius 1 is 1.47 bits per heavy atom. The van der Waals surface area contributed by atoms with Gasteiger partial charge in [-0.15, -0.1) is 0 Å². The van der Waals surface area contributed by atoms with Crippen molar-refractivity contribution in [2.75, 3.05) is 26.2 Å². The van der Waals surface area contributed by atoms with E-state index in [2.05, 4.69) is 19.2 Å². The lowest BCUT2D eigenvalue weighted by atomic mass is 9.82. The van der Waals surface area contributed by atoms with E-state index in [1.165, 1.54) is 0 Å². The van der Waals surface area contributed by atoms with Crippen molar-refractivity contribution in [1.29, 1.82) is 0 Å². The summed E-state index contributed by atoms with van der Waals surface area (Å²) in [4.78, 5) is 13.4. The van der Waals surface area contributed by atoms with E-state index in [4.69, 9.17) is 0 Å². The summed E-state index contributed by atoms with van der Waals surface area (Å²) >= 11 is 0. The summed E-state index contributed by atoms with van der Waals surface area (Å²) in [6.45, 7) is 6.56. The second kappa shape index (κ2) is 5.35. The Kier molecular flexibility index (Phi) is 4.39. The number of rotatable bonds is 5. The molecule has 1 rings (SSSR count). The minimum absolute atomic E-state index is 0.0148. The van der Waals surface area contributed by atoms with E-state index in [0.29, 0.717) is 6.54 Å². The van der Waals surface area contributed by atoms with Crippen LogP contribution in [0.4, 0.5) is 4.79 Å². The molecule has 15 heavy (non-hydrogen) atoms. The molecule has 2 N–H and O–H groups in total. The largest absolute Gasteiger partial charge is 0.396 e. The van der Waals surface area contributed by atoms with Gasteiger partial charge in [0, 0.05) is 25.0 Å². The minimum atomic E-state index is -0.116. The Hall–Kier alpha value is -0.770. The molecule has 0 spiro atoms. The molecule has 0 saturated carbocycles. The maximum atomic E-state index is 11.6. The molecule has 0 radical (unpaired) electrons. The Labute approximate surface area is 91.6 Å². The highest BCUT2D eigenvalue weighted by Crippen LogP contribution is 2.27. The number of amides is 2. The van der Waals surface area contributed by atoms with Crippen LogP contribution < -0.4 is 5.32 Å². The Morgan fingerprint density at radius 2 is 2.13 bits per heavy atom.